The molecular weight excluding hydrogens is 254 g/mol. The second-order valence-corrected chi connectivity index (χ2v) is 4.46. The zero-order valence-electron chi connectivity index (χ0n) is 11.0. The summed E-state index contributed by atoms with van der Waals surface area (Å²) < 4.78 is 0. The van der Waals surface area contributed by atoms with Crippen LogP contribution in [0.1, 0.15) is 22.5 Å². The van der Waals surface area contributed by atoms with Crippen LogP contribution in [-0.4, -0.2) is 22.6 Å². The van der Waals surface area contributed by atoms with Crippen LogP contribution in [0.25, 0.3) is 0 Å². The van der Waals surface area contributed by atoms with Crippen LogP contribution >= 0.6 is 0 Å². The van der Waals surface area contributed by atoms with Gasteiger partial charge in [-0.15, -0.1) is 0 Å². The largest absolute Gasteiger partial charge is 0.397 e. The van der Waals surface area contributed by atoms with Crippen molar-refractivity contribution < 1.29 is 9.90 Å². The molecule has 0 aliphatic heterocycles. The van der Waals surface area contributed by atoms with Crippen LogP contribution in [0.5, 0.6) is 0 Å². The lowest BCUT2D eigenvalue weighted by Crippen LogP contribution is -2.13. The van der Waals surface area contributed by atoms with Crippen LogP contribution < -0.4 is 11.1 Å². The summed E-state index contributed by atoms with van der Waals surface area (Å²) in [7, 11) is 0. The predicted octanol–water partition coefficient (Wildman–Crippen LogP) is 1.84. The normalized spacial score (nSPS) is 10.2. The van der Waals surface area contributed by atoms with Crippen molar-refractivity contribution in [1.82, 2.24) is 4.98 Å². The van der Waals surface area contributed by atoms with E-state index in [9.17, 15) is 4.79 Å². The molecule has 20 heavy (non-hydrogen) atoms. The number of carbonyl (C=O) groups is 1. The summed E-state index contributed by atoms with van der Waals surface area (Å²) >= 11 is 0. The van der Waals surface area contributed by atoms with Gasteiger partial charge in [0.1, 0.15) is 5.69 Å². The lowest BCUT2D eigenvalue weighted by molar-refractivity contribution is 0.102. The van der Waals surface area contributed by atoms with Gasteiger partial charge in [0.15, 0.2) is 0 Å². The summed E-state index contributed by atoms with van der Waals surface area (Å²) in [6, 6.07) is 10.8. The number of anilines is 2. The van der Waals surface area contributed by atoms with Crippen molar-refractivity contribution in [3.63, 3.8) is 0 Å². The maximum atomic E-state index is 12.0. The second-order valence-electron chi connectivity index (χ2n) is 4.46. The smallest absolute Gasteiger partial charge is 0.274 e. The fraction of sp³-hybridized carbons (Fsp3) is 0.200. The van der Waals surface area contributed by atoms with Crippen LogP contribution in [0.4, 0.5) is 11.4 Å². The van der Waals surface area contributed by atoms with E-state index in [1.807, 2.05) is 24.3 Å². The first-order valence-corrected chi connectivity index (χ1v) is 6.42. The molecule has 1 aromatic carbocycles. The third kappa shape index (κ3) is 3.80. The molecule has 1 amide bonds. The van der Waals surface area contributed by atoms with Crippen LogP contribution in [0.3, 0.4) is 0 Å². The van der Waals surface area contributed by atoms with E-state index in [0.717, 1.165) is 12.0 Å². The van der Waals surface area contributed by atoms with E-state index < -0.39 is 0 Å². The van der Waals surface area contributed by atoms with Gasteiger partial charge in [-0.1, -0.05) is 12.1 Å². The van der Waals surface area contributed by atoms with Gasteiger partial charge in [-0.05, 0) is 42.7 Å². The highest BCUT2D eigenvalue weighted by molar-refractivity contribution is 6.02. The minimum absolute atomic E-state index is 0.159. The minimum Gasteiger partial charge on any atom is -0.397 e. The molecule has 5 heteroatoms. The number of pyridine rings is 1. The van der Waals surface area contributed by atoms with Crippen molar-refractivity contribution in [3.8, 4) is 0 Å². The summed E-state index contributed by atoms with van der Waals surface area (Å²) in [4.78, 5) is 16.0. The molecule has 0 saturated heterocycles. The van der Waals surface area contributed by atoms with Crippen LogP contribution in [0.2, 0.25) is 0 Å². The first kappa shape index (κ1) is 14.0. The molecular formula is C15H17N3O2. The average Bonchev–Trinajstić information content (AvgIpc) is 2.46. The van der Waals surface area contributed by atoms with Gasteiger partial charge in [-0.25, -0.2) is 4.98 Å². The highest BCUT2D eigenvalue weighted by Crippen LogP contribution is 2.13. The average molecular weight is 271 g/mol. The van der Waals surface area contributed by atoms with E-state index >= 15 is 0 Å². The number of nitrogens with two attached hydrogens (primary N) is 1. The Labute approximate surface area is 117 Å². The number of nitrogen functional groups attached to an aromatic ring is 1. The Kier molecular flexibility index (Phi) is 4.68. The number of rotatable bonds is 5. The Morgan fingerprint density at radius 1 is 1.30 bits per heavy atom. The standard InChI is InChI=1S/C15H17N3O2/c16-12-6-7-14(17-10-12)15(20)18-13-5-1-3-11(9-13)4-2-8-19/h1,3,5-7,9-10,19H,2,4,8,16H2,(H,18,20). The fourth-order valence-corrected chi connectivity index (χ4v) is 1.82. The van der Waals surface area contributed by atoms with E-state index in [2.05, 4.69) is 10.3 Å². The zero-order valence-corrected chi connectivity index (χ0v) is 11.0. The summed E-state index contributed by atoms with van der Waals surface area (Å²) in [5.74, 6) is -0.274. The van der Waals surface area contributed by atoms with E-state index in [1.54, 1.807) is 12.1 Å². The first-order chi connectivity index (χ1) is 9.69. The molecule has 0 bridgehead atoms. The molecule has 0 spiro atoms. The Morgan fingerprint density at radius 3 is 2.85 bits per heavy atom. The number of aliphatic hydroxyl groups excluding tert-OH is 1. The topological polar surface area (TPSA) is 88.2 Å². The van der Waals surface area contributed by atoms with Crippen molar-refractivity contribution in [2.24, 2.45) is 0 Å². The third-order valence-electron chi connectivity index (χ3n) is 2.83. The molecule has 0 saturated carbocycles. The molecule has 0 unspecified atom stereocenters. The minimum atomic E-state index is -0.274. The maximum Gasteiger partial charge on any atom is 0.274 e. The molecule has 0 aliphatic rings. The summed E-state index contributed by atoms with van der Waals surface area (Å²) in [6.07, 6.45) is 2.93. The summed E-state index contributed by atoms with van der Waals surface area (Å²) in [6.45, 7) is 0.159. The predicted molar refractivity (Wildman–Crippen MR) is 78.5 cm³/mol. The van der Waals surface area contributed by atoms with Gasteiger partial charge >= 0.3 is 0 Å². The van der Waals surface area contributed by atoms with E-state index in [-0.39, 0.29) is 12.5 Å². The van der Waals surface area contributed by atoms with Gasteiger partial charge in [0.05, 0.1) is 11.9 Å². The SMILES string of the molecule is Nc1ccc(C(=O)Nc2cccc(CCCO)c2)nc1. The molecule has 4 N–H and O–H groups in total. The summed E-state index contributed by atoms with van der Waals surface area (Å²) in [5.41, 5.74) is 8.15. The number of nitrogens with zero attached hydrogens (tertiary/aromatic N) is 1. The number of aliphatic hydroxyl groups is 1. The highest BCUT2D eigenvalue weighted by Gasteiger charge is 2.07. The number of hydrogen-bond acceptors (Lipinski definition) is 4. The van der Waals surface area contributed by atoms with E-state index in [4.69, 9.17) is 10.8 Å². The Morgan fingerprint density at radius 2 is 2.15 bits per heavy atom. The fourth-order valence-electron chi connectivity index (χ4n) is 1.82. The lowest BCUT2D eigenvalue weighted by atomic mass is 10.1. The molecule has 2 aromatic rings. The summed E-state index contributed by atoms with van der Waals surface area (Å²) in [5, 5.41) is 11.6. The van der Waals surface area contributed by atoms with Gasteiger partial charge in [-0.3, -0.25) is 4.79 Å². The van der Waals surface area contributed by atoms with Crippen molar-refractivity contribution in [2.75, 3.05) is 17.7 Å². The Hall–Kier alpha value is -2.40. The first-order valence-electron chi connectivity index (χ1n) is 6.42. The number of aromatic nitrogens is 1. The molecule has 5 nitrogen and oxygen atoms in total. The maximum absolute atomic E-state index is 12.0. The quantitative estimate of drug-likeness (QED) is 0.774. The molecule has 0 aliphatic carbocycles. The van der Waals surface area contributed by atoms with Crippen molar-refractivity contribution in [1.29, 1.82) is 0 Å². The van der Waals surface area contributed by atoms with Crippen LogP contribution in [0, 0.1) is 0 Å². The molecule has 2 rings (SSSR count). The number of benzene rings is 1. The number of nitrogens with one attached hydrogen (secondary N) is 1. The van der Waals surface area contributed by atoms with Gasteiger partial charge in [0.2, 0.25) is 0 Å². The molecule has 104 valence electrons. The van der Waals surface area contributed by atoms with E-state index in [1.165, 1.54) is 6.20 Å². The Balaban J connectivity index is 2.05. The zero-order chi connectivity index (χ0) is 14.4. The van der Waals surface area contributed by atoms with Crippen LogP contribution in [0.15, 0.2) is 42.6 Å². The molecule has 0 radical (unpaired) electrons. The second kappa shape index (κ2) is 6.68. The van der Waals surface area contributed by atoms with Gasteiger partial charge in [-0.2, -0.15) is 0 Å². The van der Waals surface area contributed by atoms with Crippen molar-refractivity contribution in [3.05, 3.63) is 53.9 Å². The lowest BCUT2D eigenvalue weighted by Gasteiger charge is -2.07. The van der Waals surface area contributed by atoms with Gasteiger partial charge in [0.25, 0.3) is 5.91 Å². The number of aryl methyl sites for hydroxylation is 1. The Bertz CT molecular complexity index is 582. The molecule has 1 heterocycles. The van der Waals surface area contributed by atoms with Crippen molar-refractivity contribution in [2.45, 2.75) is 12.8 Å². The van der Waals surface area contributed by atoms with Crippen molar-refractivity contribution >= 4 is 17.3 Å². The van der Waals surface area contributed by atoms with Gasteiger partial charge in [0, 0.05) is 12.3 Å². The molecule has 0 atom stereocenters. The number of hydrogen-bond donors (Lipinski definition) is 3. The monoisotopic (exact) mass is 271 g/mol. The molecule has 1 aromatic heterocycles. The number of carbonyl (C=O) groups excluding carboxylic acids is 1. The highest BCUT2D eigenvalue weighted by atomic mass is 16.2. The molecule has 0 fully saturated rings. The van der Waals surface area contributed by atoms with Gasteiger partial charge < -0.3 is 16.2 Å². The van der Waals surface area contributed by atoms with Crippen LogP contribution in [-0.2, 0) is 6.42 Å². The number of amides is 1. The third-order valence-corrected chi connectivity index (χ3v) is 2.83. The van der Waals surface area contributed by atoms with E-state index in [0.29, 0.717) is 23.5 Å².